The zero-order valence-corrected chi connectivity index (χ0v) is 18.7. The smallest absolute Gasteiger partial charge is 0.391 e. The Morgan fingerprint density at radius 2 is 1.97 bits per heavy atom. The maximum Gasteiger partial charge on any atom is 0.391 e. The third-order valence-electron chi connectivity index (χ3n) is 6.42. The number of halogens is 3. The standard InChI is InChI=1S/C20H26F3N5O4S/c1-9-8-33-18(24-9)13-16(25-12-6-10(7-29)14(30)15(12)31)26-19(27-17(13)32)28-4-2-11(3-5-28)20(21,22)23/h8,10-15,29-31H,2-7H2,1H3,(H,25,26,27,32)/t10-,12-,13?,14-,15+/m1/s1. The van der Waals surface area contributed by atoms with Gasteiger partial charge in [0.05, 0.1) is 18.1 Å². The predicted octanol–water partition coefficient (Wildman–Crippen LogP) is 0.796. The molecule has 3 heterocycles. The number of hydrogen-bond donors (Lipinski definition) is 4. The minimum atomic E-state index is -4.26. The number of aromatic nitrogens is 1. The summed E-state index contributed by atoms with van der Waals surface area (Å²) in [5.74, 6) is -3.16. The van der Waals surface area contributed by atoms with E-state index in [1.165, 1.54) is 11.3 Å². The Bertz CT molecular complexity index is 944. The molecular formula is C20H26F3N5O4S. The van der Waals surface area contributed by atoms with Crippen molar-refractivity contribution < 1.29 is 33.3 Å². The summed E-state index contributed by atoms with van der Waals surface area (Å²) in [7, 11) is 0. The molecule has 0 spiro atoms. The van der Waals surface area contributed by atoms with Gasteiger partial charge in [-0.25, -0.2) is 4.98 Å². The molecule has 1 aromatic rings. The van der Waals surface area contributed by atoms with Gasteiger partial charge >= 0.3 is 6.18 Å². The van der Waals surface area contributed by atoms with Crippen LogP contribution in [0.3, 0.4) is 0 Å². The zero-order chi connectivity index (χ0) is 23.9. The molecule has 0 radical (unpaired) electrons. The lowest BCUT2D eigenvalue weighted by molar-refractivity contribution is -0.183. The summed E-state index contributed by atoms with van der Waals surface area (Å²) in [5.41, 5.74) is 0.711. The van der Waals surface area contributed by atoms with Crippen LogP contribution in [0.4, 0.5) is 13.2 Å². The molecule has 1 saturated heterocycles. The fourth-order valence-electron chi connectivity index (χ4n) is 4.48. The Kier molecular flexibility index (Phi) is 6.76. The van der Waals surface area contributed by atoms with Gasteiger partial charge in [-0.3, -0.25) is 15.1 Å². The average molecular weight is 490 g/mol. The van der Waals surface area contributed by atoms with Crippen molar-refractivity contribution in [3.8, 4) is 0 Å². The number of nitrogens with zero attached hydrogens (tertiary/aromatic N) is 4. The van der Waals surface area contributed by atoms with E-state index in [4.69, 9.17) is 0 Å². The van der Waals surface area contributed by atoms with Crippen molar-refractivity contribution in [3.63, 3.8) is 0 Å². The van der Waals surface area contributed by atoms with Gasteiger partial charge in [0.2, 0.25) is 11.9 Å². The normalized spacial score (nSPS) is 32.9. The van der Waals surface area contributed by atoms with Crippen LogP contribution in [0.25, 0.3) is 0 Å². The molecule has 0 aromatic carbocycles. The second kappa shape index (κ2) is 9.28. The van der Waals surface area contributed by atoms with Crippen LogP contribution in [0.5, 0.6) is 0 Å². The van der Waals surface area contributed by atoms with Crippen molar-refractivity contribution in [3.05, 3.63) is 16.1 Å². The number of rotatable bonds is 3. The van der Waals surface area contributed by atoms with Crippen molar-refractivity contribution in [1.29, 1.82) is 0 Å². The Balaban J connectivity index is 1.64. The fourth-order valence-corrected chi connectivity index (χ4v) is 5.37. The number of amidine groups is 1. The van der Waals surface area contributed by atoms with Crippen molar-refractivity contribution in [2.75, 3.05) is 19.7 Å². The highest BCUT2D eigenvalue weighted by molar-refractivity contribution is 7.10. The van der Waals surface area contributed by atoms with Crippen LogP contribution in [0.2, 0.25) is 0 Å². The number of alkyl halides is 3. The highest BCUT2D eigenvalue weighted by Crippen LogP contribution is 2.35. The number of aliphatic imine (C=N–C) groups is 2. The third kappa shape index (κ3) is 4.91. The number of carbonyl (C=O) groups excluding carboxylic acids is 1. The van der Waals surface area contributed by atoms with Gasteiger partial charge in [-0.2, -0.15) is 18.2 Å². The largest absolute Gasteiger partial charge is 0.396 e. The number of guanidine groups is 1. The zero-order valence-electron chi connectivity index (χ0n) is 17.9. The van der Waals surface area contributed by atoms with Crippen LogP contribution in [0, 0.1) is 18.8 Å². The average Bonchev–Trinajstić information content (AvgIpc) is 3.31. The van der Waals surface area contributed by atoms with Gasteiger partial charge < -0.3 is 20.2 Å². The van der Waals surface area contributed by atoms with Crippen molar-refractivity contribution >= 4 is 29.0 Å². The molecule has 2 fully saturated rings. The van der Waals surface area contributed by atoms with Gasteiger partial charge in [0.15, 0.2) is 0 Å². The Labute approximate surface area is 192 Å². The van der Waals surface area contributed by atoms with Crippen LogP contribution >= 0.6 is 11.3 Å². The highest BCUT2D eigenvalue weighted by atomic mass is 32.1. The SMILES string of the molecule is Cc1csc(C2C(=O)NC(N3CCC(C(F)(F)F)CC3)=NC2=N[C@@H]2C[C@H](CO)[C@@H](O)[C@H]2O)n1. The molecule has 9 nitrogen and oxygen atoms in total. The molecule has 1 unspecified atom stereocenters. The fraction of sp³-hybridized carbons (Fsp3) is 0.700. The molecule has 33 heavy (non-hydrogen) atoms. The lowest BCUT2D eigenvalue weighted by Crippen LogP contribution is -2.53. The van der Waals surface area contributed by atoms with Gasteiger partial charge in [-0.15, -0.1) is 11.3 Å². The van der Waals surface area contributed by atoms with Crippen molar-refractivity contribution in [2.24, 2.45) is 21.8 Å². The number of piperidine rings is 1. The summed E-state index contributed by atoms with van der Waals surface area (Å²) < 4.78 is 39.1. The van der Waals surface area contributed by atoms with E-state index in [-0.39, 0.29) is 50.8 Å². The molecule has 5 atom stereocenters. The van der Waals surface area contributed by atoms with Crippen molar-refractivity contribution in [2.45, 2.75) is 56.5 Å². The number of amides is 1. The summed E-state index contributed by atoms with van der Waals surface area (Å²) in [6.45, 7) is 1.61. The number of nitrogens with one attached hydrogen (secondary N) is 1. The van der Waals surface area contributed by atoms with Crippen LogP contribution in [-0.2, 0) is 4.79 Å². The maximum absolute atomic E-state index is 13.1. The Morgan fingerprint density at radius 3 is 2.52 bits per heavy atom. The maximum atomic E-state index is 13.1. The number of carbonyl (C=O) groups is 1. The van der Waals surface area contributed by atoms with E-state index in [0.717, 1.165) is 0 Å². The first kappa shape index (κ1) is 24.0. The van der Waals surface area contributed by atoms with Gasteiger partial charge in [-0.05, 0) is 26.2 Å². The molecule has 4 N–H and O–H groups in total. The minimum absolute atomic E-state index is 0.0783. The Hall–Kier alpha value is -2.09. The first-order valence-corrected chi connectivity index (χ1v) is 11.6. The first-order valence-electron chi connectivity index (χ1n) is 10.8. The summed E-state index contributed by atoms with van der Waals surface area (Å²) in [5, 5.41) is 34.9. The molecule has 4 rings (SSSR count). The quantitative estimate of drug-likeness (QED) is 0.497. The number of aliphatic hydroxyl groups is 3. The predicted molar refractivity (Wildman–Crippen MR) is 114 cm³/mol. The topological polar surface area (TPSA) is 131 Å². The summed E-state index contributed by atoms with van der Waals surface area (Å²) in [6, 6.07) is -0.789. The van der Waals surface area contributed by atoms with Crippen LogP contribution < -0.4 is 5.32 Å². The van der Waals surface area contributed by atoms with Gasteiger partial charge in [0.25, 0.3) is 0 Å². The van der Waals surface area contributed by atoms with E-state index in [2.05, 4.69) is 20.3 Å². The van der Waals surface area contributed by atoms with E-state index < -0.39 is 48.1 Å². The molecule has 1 aromatic heterocycles. The van der Waals surface area contributed by atoms with Crippen molar-refractivity contribution in [1.82, 2.24) is 15.2 Å². The van der Waals surface area contributed by atoms with Crippen LogP contribution in [0.1, 0.15) is 35.9 Å². The molecule has 1 aliphatic carbocycles. The third-order valence-corrected chi connectivity index (χ3v) is 7.45. The highest BCUT2D eigenvalue weighted by Gasteiger charge is 2.45. The van der Waals surface area contributed by atoms with E-state index in [1.807, 2.05) is 0 Å². The van der Waals surface area contributed by atoms with Gasteiger partial charge in [0, 0.05) is 36.7 Å². The van der Waals surface area contributed by atoms with E-state index in [9.17, 15) is 33.3 Å². The second-order valence-corrected chi connectivity index (χ2v) is 9.59. The molecule has 1 saturated carbocycles. The summed E-state index contributed by atoms with van der Waals surface area (Å²) >= 11 is 1.26. The van der Waals surface area contributed by atoms with Gasteiger partial charge in [-0.1, -0.05) is 0 Å². The van der Waals surface area contributed by atoms with E-state index in [0.29, 0.717) is 10.7 Å². The molecule has 2 aliphatic heterocycles. The molecular weight excluding hydrogens is 463 g/mol. The molecule has 182 valence electrons. The minimum Gasteiger partial charge on any atom is -0.396 e. The molecule has 1 amide bonds. The molecule has 0 bridgehead atoms. The number of hydrogen-bond acceptors (Lipinski definition) is 8. The van der Waals surface area contributed by atoms with E-state index >= 15 is 0 Å². The lowest BCUT2D eigenvalue weighted by atomic mass is 9.96. The van der Waals surface area contributed by atoms with Crippen LogP contribution in [-0.4, -0.2) is 87.0 Å². The number of aliphatic hydroxyl groups excluding tert-OH is 3. The second-order valence-electron chi connectivity index (χ2n) is 8.70. The number of aryl methyl sites for hydroxylation is 1. The number of likely N-dealkylation sites (tertiary alicyclic amines) is 1. The summed E-state index contributed by atoms with van der Waals surface area (Å²) in [6.07, 6.45) is -6.66. The van der Waals surface area contributed by atoms with Gasteiger partial charge in [0.1, 0.15) is 22.9 Å². The van der Waals surface area contributed by atoms with Crippen LogP contribution in [0.15, 0.2) is 15.4 Å². The summed E-state index contributed by atoms with van der Waals surface area (Å²) in [4.78, 5) is 28.0. The monoisotopic (exact) mass is 489 g/mol. The van der Waals surface area contributed by atoms with E-state index in [1.54, 1.807) is 17.2 Å². The first-order chi connectivity index (χ1) is 15.6. The lowest BCUT2D eigenvalue weighted by Gasteiger charge is -2.36. The molecule has 3 aliphatic rings. The number of thiazole rings is 1. The molecule has 13 heteroatoms. The Morgan fingerprint density at radius 1 is 1.27 bits per heavy atom.